The molecule has 0 unspecified atom stereocenters. The lowest BCUT2D eigenvalue weighted by molar-refractivity contribution is -0.116. The molecule has 180 valence electrons. The van der Waals surface area contributed by atoms with E-state index in [2.05, 4.69) is 16.7 Å². The second kappa shape index (κ2) is 11.3. The van der Waals surface area contributed by atoms with Crippen molar-refractivity contribution in [3.8, 4) is 11.8 Å². The van der Waals surface area contributed by atoms with Gasteiger partial charge in [-0.25, -0.2) is 0 Å². The van der Waals surface area contributed by atoms with Crippen LogP contribution in [0, 0.1) is 11.3 Å². The summed E-state index contributed by atoms with van der Waals surface area (Å²) in [6.07, 6.45) is 2.78. The van der Waals surface area contributed by atoms with E-state index in [1.54, 1.807) is 0 Å². The molecule has 0 aromatic heterocycles. The third kappa shape index (κ3) is 5.28. The topological polar surface area (TPSA) is 91.2 Å². The van der Waals surface area contributed by atoms with Crippen LogP contribution in [0.4, 0.5) is 5.69 Å². The molecule has 2 aromatic rings. The molecule has 2 aromatic carbocycles. The molecule has 2 N–H and O–H groups in total. The monoisotopic (exact) mass is 487 g/mol. The number of Topliss-reactive ketones (excluding diaryl/α,β-unsaturated/α-hetero) is 1. The zero-order valence-corrected chi connectivity index (χ0v) is 20.8. The summed E-state index contributed by atoms with van der Waals surface area (Å²) >= 11 is 1.29. The van der Waals surface area contributed by atoms with E-state index in [1.165, 1.54) is 11.8 Å². The van der Waals surface area contributed by atoms with Gasteiger partial charge in [0.1, 0.15) is 5.75 Å². The van der Waals surface area contributed by atoms with Crippen molar-refractivity contribution < 1.29 is 14.3 Å². The molecular formula is C28H29N3O3S. The quantitative estimate of drug-likeness (QED) is 0.515. The molecule has 2 aliphatic rings. The average Bonchev–Trinajstić information content (AvgIpc) is 2.87. The molecule has 0 bridgehead atoms. The average molecular weight is 488 g/mol. The van der Waals surface area contributed by atoms with Crippen LogP contribution in [0.15, 0.2) is 70.4 Å². The van der Waals surface area contributed by atoms with E-state index in [0.29, 0.717) is 35.0 Å². The molecule has 0 saturated carbocycles. The van der Waals surface area contributed by atoms with E-state index in [9.17, 15) is 14.9 Å². The van der Waals surface area contributed by atoms with E-state index in [-0.39, 0.29) is 17.4 Å². The van der Waals surface area contributed by atoms with Gasteiger partial charge in [-0.1, -0.05) is 55.1 Å². The van der Waals surface area contributed by atoms with Crippen molar-refractivity contribution >= 4 is 29.1 Å². The van der Waals surface area contributed by atoms with Crippen molar-refractivity contribution in [1.82, 2.24) is 5.32 Å². The van der Waals surface area contributed by atoms with Crippen LogP contribution in [0.3, 0.4) is 0 Å². The summed E-state index contributed by atoms with van der Waals surface area (Å²) in [5.41, 5.74) is 4.61. The molecule has 0 saturated heterocycles. The number of nitrogens with one attached hydrogen (secondary N) is 2. The molecular weight excluding hydrogens is 458 g/mol. The maximum atomic E-state index is 13.0. The predicted octanol–water partition coefficient (Wildman–Crippen LogP) is 5.45. The number of benzene rings is 2. The van der Waals surface area contributed by atoms with Gasteiger partial charge in [-0.3, -0.25) is 9.59 Å². The standard InChI is InChI=1S/C28H29N3O3S/c1-3-18-10-5-7-12-21(18)30-25(33)17-35-28-20(16-29)26(19-11-6-8-15-24(19)34-4-2)27-22(31-28)13-9-14-23(27)32/h5-8,10-12,15,26,31H,3-4,9,13-14,17H2,1-2H3,(H,30,33)/t26-/m1/s1. The molecule has 1 amide bonds. The third-order valence-electron chi connectivity index (χ3n) is 6.21. The Labute approximate surface area is 210 Å². The SMILES string of the molecule is CCOc1ccccc1[C@@H]1C(C#N)=C(SCC(=O)Nc2ccccc2CC)NC2=C1C(=O)CCC2. The number of thioether (sulfide) groups is 1. The van der Waals surface area contributed by atoms with Crippen molar-refractivity contribution in [3.05, 3.63) is 81.5 Å². The summed E-state index contributed by atoms with van der Waals surface area (Å²) in [6.45, 7) is 4.44. The Morgan fingerprint density at radius 2 is 1.94 bits per heavy atom. The van der Waals surface area contributed by atoms with Crippen LogP contribution < -0.4 is 15.4 Å². The Balaban J connectivity index is 1.65. The number of amides is 1. The molecule has 1 atom stereocenters. The Morgan fingerprint density at radius 1 is 1.17 bits per heavy atom. The van der Waals surface area contributed by atoms with Crippen LogP contribution in [0.5, 0.6) is 5.75 Å². The predicted molar refractivity (Wildman–Crippen MR) is 139 cm³/mol. The number of dihydropyridines is 1. The first-order valence-electron chi connectivity index (χ1n) is 12.0. The fourth-order valence-corrected chi connectivity index (χ4v) is 5.49. The van der Waals surface area contributed by atoms with Gasteiger partial charge >= 0.3 is 0 Å². The molecule has 0 fully saturated rings. The summed E-state index contributed by atoms with van der Waals surface area (Å²) in [6, 6.07) is 17.7. The van der Waals surface area contributed by atoms with E-state index >= 15 is 0 Å². The first-order valence-corrected chi connectivity index (χ1v) is 13.0. The summed E-state index contributed by atoms with van der Waals surface area (Å²) < 4.78 is 5.86. The molecule has 1 aliphatic heterocycles. The van der Waals surface area contributed by atoms with E-state index in [4.69, 9.17) is 4.74 Å². The van der Waals surface area contributed by atoms with E-state index < -0.39 is 5.92 Å². The van der Waals surface area contributed by atoms with Crippen molar-refractivity contribution in [2.24, 2.45) is 0 Å². The van der Waals surface area contributed by atoms with E-state index in [1.807, 2.05) is 62.4 Å². The molecule has 0 radical (unpaired) electrons. The van der Waals surface area contributed by atoms with Crippen LogP contribution in [-0.4, -0.2) is 24.1 Å². The lowest BCUT2D eigenvalue weighted by atomic mass is 9.76. The number of allylic oxidation sites excluding steroid dienone is 3. The van der Waals surface area contributed by atoms with Crippen molar-refractivity contribution in [1.29, 1.82) is 5.26 Å². The minimum absolute atomic E-state index is 0.0563. The molecule has 7 heteroatoms. The number of anilines is 1. The second-order valence-electron chi connectivity index (χ2n) is 8.40. The lowest BCUT2D eigenvalue weighted by Crippen LogP contribution is -2.32. The Bertz CT molecular complexity index is 1240. The van der Waals surface area contributed by atoms with Crippen molar-refractivity contribution in [2.75, 3.05) is 17.7 Å². The third-order valence-corrected chi connectivity index (χ3v) is 7.23. The highest BCUT2D eigenvalue weighted by Crippen LogP contribution is 2.46. The van der Waals surface area contributed by atoms with Crippen molar-refractivity contribution in [2.45, 2.75) is 45.4 Å². The van der Waals surface area contributed by atoms with Gasteiger partial charge < -0.3 is 15.4 Å². The number of aryl methyl sites for hydroxylation is 1. The normalized spacial score (nSPS) is 17.4. The number of para-hydroxylation sites is 2. The second-order valence-corrected chi connectivity index (χ2v) is 9.39. The summed E-state index contributed by atoms with van der Waals surface area (Å²) in [7, 11) is 0. The summed E-state index contributed by atoms with van der Waals surface area (Å²) in [5.74, 6) is 0.201. The smallest absolute Gasteiger partial charge is 0.234 e. The summed E-state index contributed by atoms with van der Waals surface area (Å²) in [5, 5.41) is 17.2. The van der Waals surface area contributed by atoms with Crippen molar-refractivity contribution in [3.63, 3.8) is 0 Å². The summed E-state index contributed by atoms with van der Waals surface area (Å²) in [4.78, 5) is 25.8. The first-order chi connectivity index (χ1) is 17.1. The number of nitrogens with zero attached hydrogens (tertiary/aromatic N) is 1. The molecule has 4 rings (SSSR count). The van der Waals surface area contributed by atoms with Gasteiger partial charge in [-0.05, 0) is 43.9 Å². The Morgan fingerprint density at radius 3 is 2.71 bits per heavy atom. The number of carbonyl (C=O) groups is 2. The number of nitriles is 1. The number of ketones is 1. The molecule has 1 aliphatic carbocycles. The van der Waals surface area contributed by atoms with Gasteiger partial charge in [0.25, 0.3) is 0 Å². The highest BCUT2D eigenvalue weighted by atomic mass is 32.2. The Kier molecular flexibility index (Phi) is 7.94. The highest BCUT2D eigenvalue weighted by Gasteiger charge is 2.38. The van der Waals surface area contributed by atoms with Gasteiger partial charge in [-0.15, -0.1) is 0 Å². The van der Waals surface area contributed by atoms with E-state index in [0.717, 1.165) is 41.8 Å². The molecule has 1 heterocycles. The number of hydrogen-bond acceptors (Lipinski definition) is 6. The number of rotatable bonds is 8. The number of carbonyl (C=O) groups excluding carboxylic acids is 2. The molecule has 0 spiro atoms. The lowest BCUT2D eigenvalue weighted by Gasteiger charge is -2.33. The fourth-order valence-electron chi connectivity index (χ4n) is 4.63. The largest absolute Gasteiger partial charge is 0.494 e. The van der Waals surface area contributed by atoms with Gasteiger partial charge in [0, 0.05) is 28.9 Å². The Hall–Kier alpha value is -3.50. The number of hydrogen-bond donors (Lipinski definition) is 2. The zero-order valence-electron chi connectivity index (χ0n) is 20.0. The number of ether oxygens (including phenoxy) is 1. The van der Waals surface area contributed by atoms with Crippen LogP contribution in [0.1, 0.15) is 50.2 Å². The maximum absolute atomic E-state index is 13.0. The van der Waals surface area contributed by atoms with Gasteiger partial charge in [0.05, 0.1) is 34.9 Å². The minimum Gasteiger partial charge on any atom is -0.494 e. The van der Waals surface area contributed by atoms with Crippen LogP contribution in [-0.2, 0) is 16.0 Å². The van der Waals surface area contributed by atoms with Gasteiger partial charge in [0.2, 0.25) is 5.91 Å². The zero-order chi connectivity index (χ0) is 24.8. The fraction of sp³-hybridized carbons (Fsp3) is 0.321. The first kappa shape index (κ1) is 24.6. The van der Waals surface area contributed by atoms with Gasteiger partial charge in [0.15, 0.2) is 5.78 Å². The molecule has 6 nitrogen and oxygen atoms in total. The minimum atomic E-state index is -0.516. The van der Waals surface area contributed by atoms with Crippen LogP contribution >= 0.6 is 11.8 Å². The van der Waals surface area contributed by atoms with Gasteiger partial charge in [-0.2, -0.15) is 5.26 Å². The molecule has 35 heavy (non-hydrogen) atoms. The highest BCUT2D eigenvalue weighted by molar-refractivity contribution is 8.03. The maximum Gasteiger partial charge on any atom is 0.234 e. The van der Waals surface area contributed by atoms with Crippen LogP contribution in [0.2, 0.25) is 0 Å². The van der Waals surface area contributed by atoms with Crippen LogP contribution in [0.25, 0.3) is 0 Å².